The van der Waals surface area contributed by atoms with Gasteiger partial charge in [-0.1, -0.05) is 11.6 Å². The molecule has 1 N–H and O–H groups in total. The van der Waals surface area contributed by atoms with E-state index < -0.39 is 5.60 Å². The molecule has 0 aromatic rings. The van der Waals surface area contributed by atoms with Crippen LogP contribution in [0.1, 0.15) is 39.0 Å². The molecule has 4 aliphatic rings. The molecule has 120 valence electrons. The van der Waals surface area contributed by atoms with E-state index in [0.717, 1.165) is 44.3 Å². The second-order valence-electron chi connectivity index (χ2n) is 7.04. The van der Waals surface area contributed by atoms with Crippen LogP contribution in [0, 0.1) is 5.92 Å². The molecule has 3 heterocycles. The van der Waals surface area contributed by atoms with Crippen LogP contribution in [0.2, 0.25) is 0 Å². The summed E-state index contributed by atoms with van der Waals surface area (Å²) in [5.41, 5.74) is 0.345. The van der Waals surface area contributed by atoms with Crippen LogP contribution in [0.25, 0.3) is 0 Å². The van der Waals surface area contributed by atoms with Crippen LogP contribution in [0.5, 0.6) is 0 Å². The predicted molar refractivity (Wildman–Crippen MR) is 80.6 cm³/mol. The lowest BCUT2D eigenvalue weighted by Crippen LogP contribution is -2.50. The summed E-state index contributed by atoms with van der Waals surface area (Å²) in [7, 11) is 0. The van der Waals surface area contributed by atoms with Crippen molar-refractivity contribution in [3.05, 3.63) is 23.6 Å². The molecule has 1 aliphatic carbocycles. The number of fused-ring (bicyclic) bond motifs is 1. The Morgan fingerprint density at radius 3 is 2.86 bits per heavy atom. The number of ether oxygens (including phenoxy) is 1. The van der Waals surface area contributed by atoms with Gasteiger partial charge in [-0.05, 0) is 51.8 Å². The third kappa shape index (κ3) is 2.14. The molecule has 1 spiro atoms. The van der Waals surface area contributed by atoms with Crippen LogP contribution in [0.3, 0.4) is 0 Å². The highest BCUT2D eigenvalue weighted by Crippen LogP contribution is 2.45. The van der Waals surface area contributed by atoms with Crippen molar-refractivity contribution in [1.29, 1.82) is 0 Å². The summed E-state index contributed by atoms with van der Waals surface area (Å²) in [5.74, 6) is 0.152. The average Bonchev–Trinajstić information content (AvgIpc) is 2.99. The molecule has 5 heteroatoms. The molecule has 0 saturated carbocycles. The molecule has 0 aromatic carbocycles. The first kappa shape index (κ1) is 14.4. The lowest BCUT2D eigenvalue weighted by Gasteiger charge is -2.34. The SMILES string of the molecule is CC1=CC([C@@H]2CC[C@H]3OC4(CCNCC4)C(=O)N32)CC(F)=C1. The van der Waals surface area contributed by atoms with Gasteiger partial charge in [0.1, 0.15) is 12.1 Å². The molecule has 1 unspecified atom stereocenters. The fraction of sp³-hybridized carbons (Fsp3) is 0.706. The number of halogens is 1. The van der Waals surface area contributed by atoms with Crippen molar-refractivity contribution in [2.24, 2.45) is 5.92 Å². The van der Waals surface area contributed by atoms with Crippen LogP contribution in [-0.2, 0) is 9.53 Å². The van der Waals surface area contributed by atoms with Crippen molar-refractivity contribution in [2.45, 2.75) is 56.9 Å². The van der Waals surface area contributed by atoms with E-state index in [-0.39, 0.29) is 29.9 Å². The maximum absolute atomic E-state index is 13.8. The number of hydrogen-bond acceptors (Lipinski definition) is 3. The second-order valence-corrected chi connectivity index (χ2v) is 7.04. The Morgan fingerprint density at radius 1 is 1.36 bits per heavy atom. The van der Waals surface area contributed by atoms with Gasteiger partial charge in [0.05, 0.1) is 0 Å². The third-order valence-corrected chi connectivity index (χ3v) is 5.56. The van der Waals surface area contributed by atoms with Gasteiger partial charge in [-0.3, -0.25) is 4.79 Å². The molecule has 3 fully saturated rings. The highest BCUT2D eigenvalue weighted by molar-refractivity contribution is 5.88. The van der Waals surface area contributed by atoms with Gasteiger partial charge >= 0.3 is 0 Å². The van der Waals surface area contributed by atoms with Crippen LogP contribution in [-0.4, -0.2) is 41.8 Å². The predicted octanol–water partition coefficient (Wildman–Crippen LogP) is 2.28. The fourth-order valence-electron chi connectivity index (χ4n) is 4.55. The fourth-order valence-corrected chi connectivity index (χ4v) is 4.55. The number of hydrogen-bond donors (Lipinski definition) is 1. The number of carbonyl (C=O) groups is 1. The average molecular weight is 306 g/mol. The Labute approximate surface area is 130 Å². The van der Waals surface area contributed by atoms with Gasteiger partial charge in [0.15, 0.2) is 5.60 Å². The van der Waals surface area contributed by atoms with E-state index in [4.69, 9.17) is 4.74 Å². The van der Waals surface area contributed by atoms with Gasteiger partial charge in [-0.25, -0.2) is 4.39 Å². The Morgan fingerprint density at radius 2 is 2.14 bits per heavy atom. The Balaban J connectivity index is 1.57. The van der Waals surface area contributed by atoms with Crippen molar-refractivity contribution >= 4 is 5.91 Å². The second kappa shape index (κ2) is 5.17. The molecule has 0 radical (unpaired) electrons. The van der Waals surface area contributed by atoms with Crippen molar-refractivity contribution in [2.75, 3.05) is 13.1 Å². The van der Waals surface area contributed by atoms with Crippen molar-refractivity contribution in [3.8, 4) is 0 Å². The molecule has 3 saturated heterocycles. The first-order valence-electron chi connectivity index (χ1n) is 8.35. The van der Waals surface area contributed by atoms with Gasteiger partial charge in [0.2, 0.25) is 0 Å². The molecule has 3 atom stereocenters. The molecule has 22 heavy (non-hydrogen) atoms. The summed E-state index contributed by atoms with van der Waals surface area (Å²) >= 11 is 0. The van der Waals surface area contributed by atoms with Gasteiger partial charge in [0, 0.05) is 18.4 Å². The van der Waals surface area contributed by atoms with Gasteiger partial charge < -0.3 is 15.0 Å². The molecular weight excluding hydrogens is 283 g/mol. The lowest BCUT2D eigenvalue weighted by atomic mass is 9.86. The minimum absolute atomic E-state index is 0.0717. The topological polar surface area (TPSA) is 41.6 Å². The zero-order chi connectivity index (χ0) is 15.3. The van der Waals surface area contributed by atoms with E-state index in [1.54, 1.807) is 6.08 Å². The molecule has 3 aliphatic heterocycles. The first-order valence-corrected chi connectivity index (χ1v) is 8.35. The maximum Gasteiger partial charge on any atom is 0.257 e. The Kier molecular flexibility index (Phi) is 3.38. The lowest BCUT2D eigenvalue weighted by molar-refractivity contribution is -0.141. The Bertz CT molecular complexity index is 551. The number of nitrogens with one attached hydrogen (secondary N) is 1. The quantitative estimate of drug-likeness (QED) is 0.808. The third-order valence-electron chi connectivity index (χ3n) is 5.56. The van der Waals surface area contributed by atoms with Crippen LogP contribution >= 0.6 is 0 Å². The van der Waals surface area contributed by atoms with Crippen LogP contribution in [0.15, 0.2) is 23.6 Å². The normalized spacial score (nSPS) is 37.3. The molecule has 0 bridgehead atoms. The van der Waals surface area contributed by atoms with Crippen molar-refractivity contribution < 1.29 is 13.9 Å². The van der Waals surface area contributed by atoms with Crippen molar-refractivity contribution in [1.82, 2.24) is 10.2 Å². The number of allylic oxidation sites excluding steroid dienone is 3. The van der Waals surface area contributed by atoms with E-state index in [9.17, 15) is 9.18 Å². The largest absolute Gasteiger partial charge is 0.342 e. The van der Waals surface area contributed by atoms with E-state index in [1.807, 2.05) is 11.8 Å². The van der Waals surface area contributed by atoms with E-state index in [1.165, 1.54) is 0 Å². The number of nitrogens with zero attached hydrogens (tertiary/aromatic N) is 1. The summed E-state index contributed by atoms with van der Waals surface area (Å²) in [4.78, 5) is 15.0. The summed E-state index contributed by atoms with van der Waals surface area (Å²) in [6, 6.07) is 0.0844. The summed E-state index contributed by atoms with van der Waals surface area (Å²) in [6.07, 6.45) is 7.31. The van der Waals surface area contributed by atoms with E-state index >= 15 is 0 Å². The Hall–Kier alpha value is -1.20. The monoisotopic (exact) mass is 306 g/mol. The van der Waals surface area contributed by atoms with Crippen LogP contribution in [0.4, 0.5) is 4.39 Å². The molecule has 4 nitrogen and oxygen atoms in total. The number of piperidine rings is 1. The summed E-state index contributed by atoms with van der Waals surface area (Å²) < 4.78 is 20.0. The van der Waals surface area contributed by atoms with Gasteiger partial charge in [0.25, 0.3) is 5.91 Å². The van der Waals surface area contributed by atoms with Crippen LogP contribution < -0.4 is 5.32 Å². The van der Waals surface area contributed by atoms with Gasteiger partial charge in [-0.2, -0.15) is 0 Å². The minimum Gasteiger partial charge on any atom is -0.342 e. The molecular formula is C17H23FN2O2. The zero-order valence-corrected chi connectivity index (χ0v) is 13.0. The highest BCUT2D eigenvalue weighted by atomic mass is 19.1. The van der Waals surface area contributed by atoms with Crippen molar-refractivity contribution in [3.63, 3.8) is 0 Å². The molecule has 1 amide bonds. The highest BCUT2D eigenvalue weighted by Gasteiger charge is 2.57. The van der Waals surface area contributed by atoms with Gasteiger partial charge in [-0.15, -0.1) is 0 Å². The smallest absolute Gasteiger partial charge is 0.257 e. The number of rotatable bonds is 1. The molecule has 0 aromatic heterocycles. The molecule has 4 rings (SSSR count). The first-order chi connectivity index (χ1) is 10.6. The van der Waals surface area contributed by atoms with E-state index in [2.05, 4.69) is 11.4 Å². The summed E-state index contributed by atoms with van der Waals surface area (Å²) in [5, 5.41) is 3.29. The minimum atomic E-state index is -0.615. The number of amides is 1. The number of carbonyl (C=O) groups excluding carboxylic acids is 1. The van der Waals surface area contributed by atoms with E-state index in [0.29, 0.717) is 6.42 Å². The zero-order valence-electron chi connectivity index (χ0n) is 13.0. The summed E-state index contributed by atoms with van der Waals surface area (Å²) in [6.45, 7) is 3.59. The maximum atomic E-state index is 13.8. The standard InChI is InChI=1S/C17H23FN2O2/c1-11-8-12(10-13(18)9-11)14-2-3-15-20(14)16(21)17(22-15)4-6-19-7-5-17/h8-9,12,14-15,19H,2-7,10H2,1H3/t12?,14-,15+/m0/s1.